The third-order valence-corrected chi connectivity index (χ3v) is 3.01. The summed E-state index contributed by atoms with van der Waals surface area (Å²) < 4.78 is 13.0. The summed E-state index contributed by atoms with van der Waals surface area (Å²) in [6.45, 7) is 1.72. The summed E-state index contributed by atoms with van der Waals surface area (Å²) in [5.74, 6) is -0.766. The Balaban J connectivity index is 2.11. The van der Waals surface area contributed by atoms with Gasteiger partial charge in [-0.1, -0.05) is 41.9 Å². The first-order valence-electron chi connectivity index (χ1n) is 6.06. The van der Waals surface area contributed by atoms with E-state index in [-0.39, 0.29) is 10.9 Å². The summed E-state index contributed by atoms with van der Waals surface area (Å²) in [7, 11) is 0. The molecule has 2 aromatic rings. The minimum atomic E-state index is -0.513. The van der Waals surface area contributed by atoms with Gasteiger partial charge >= 0.3 is 0 Å². The van der Waals surface area contributed by atoms with Crippen LogP contribution in [0.1, 0.15) is 12.5 Å². The lowest BCUT2D eigenvalue weighted by Crippen LogP contribution is -2.12. The number of hydrogen-bond acceptors (Lipinski definition) is 1. The summed E-state index contributed by atoms with van der Waals surface area (Å²) in [4.78, 5) is 12.0. The van der Waals surface area contributed by atoms with Crippen LogP contribution in [-0.2, 0) is 4.79 Å². The van der Waals surface area contributed by atoms with E-state index in [0.29, 0.717) is 11.3 Å². The van der Waals surface area contributed by atoms with Crippen LogP contribution in [0.5, 0.6) is 0 Å². The molecule has 102 valence electrons. The molecule has 2 aromatic carbocycles. The van der Waals surface area contributed by atoms with Crippen LogP contribution in [0.25, 0.3) is 6.08 Å². The molecule has 0 saturated heterocycles. The fourth-order valence-corrected chi connectivity index (χ4v) is 1.85. The zero-order valence-electron chi connectivity index (χ0n) is 10.9. The van der Waals surface area contributed by atoms with E-state index in [1.165, 1.54) is 18.2 Å². The van der Waals surface area contributed by atoms with E-state index in [1.807, 2.05) is 30.3 Å². The molecule has 0 fully saturated rings. The second-order valence-electron chi connectivity index (χ2n) is 4.32. The normalized spacial score (nSPS) is 11.2. The molecule has 0 aliphatic rings. The lowest BCUT2D eigenvalue weighted by Gasteiger charge is -2.06. The van der Waals surface area contributed by atoms with Gasteiger partial charge in [-0.2, -0.15) is 0 Å². The van der Waals surface area contributed by atoms with Crippen LogP contribution in [0.4, 0.5) is 10.1 Å². The summed E-state index contributed by atoms with van der Waals surface area (Å²) in [5, 5.41) is 2.65. The van der Waals surface area contributed by atoms with Gasteiger partial charge in [-0.05, 0) is 36.8 Å². The molecule has 2 nitrogen and oxygen atoms in total. The van der Waals surface area contributed by atoms with Crippen molar-refractivity contribution in [3.8, 4) is 0 Å². The van der Waals surface area contributed by atoms with Gasteiger partial charge in [-0.15, -0.1) is 0 Å². The Hall–Kier alpha value is -2.13. The Kier molecular flexibility index (Phi) is 4.53. The quantitative estimate of drug-likeness (QED) is 0.827. The van der Waals surface area contributed by atoms with Crippen molar-refractivity contribution in [1.29, 1.82) is 0 Å². The standard InChI is InChI=1S/C16H13ClFNO/c1-11(9-12-5-3-2-4-6-12)16(20)19-13-7-8-15(18)14(17)10-13/h2-10H,1H3,(H,19,20)/b11-9-. The maximum Gasteiger partial charge on any atom is 0.251 e. The predicted molar refractivity (Wildman–Crippen MR) is 80.1 cm³/mol. The highest BCUT2D eigenvalue weighted by atomic mass is 35.5. The zero-order chi connectivity index (χ0) is 14.5. The largest absolute Gasteiger partial charge is 0.322 e. The van der Waals surface area contributed by atoms with E-state index in [9.17, 15) is 9.18 Å². The molecule has 1 amide bonds. The number of carbonyl (C=O) groups is 1. The number of carbonyl (C=O) groups excluding carboxylic acids is 1. The molecule has 0 saturated carbocycles. The average Bonchev–Trinajstić information content (AvgIpc) is 2.44. The SMILES string of the molecule is C/C(=C/c1ccccc1)C(=O)Nc1ccc(F)c(Cl)c1. The molecule has 0 heterocycles. The van der Waals surface area contributed by atoms with Gasteiger partial charge in [0.25, 0.3) is 5.91 Å². The first-order chi connectivity index (χ1) is 9.56. The van der Waals surface area contributed by atoms with E-state index in [2.05, 4.69) is 5.32 Å². The van der Waals surface area contributed by atoms with E-state index in [0.717, 1.165) is 5.56 Å². The van der Waals surface area contributed by atoms with Gasteiger partial charge in [0.2, 0.25) is 0 Å². The highest BCUT2D eigenvalue weighted by Gasteiger charge is 2.07. The Morgan fingerprint density at radius 1 is 1.20 bits per heavy atom. The molecule has 0 spiro atoms. The molecule has 0 unspecified atom stereocenters. The predicted octanol–water partition coefficient (Wildman–Crippen LogP) is 4.52. The summed E-state index contributed by atoms with van der Waals surface area (Å²) >= 11 is 5.67. The third kappa shape index (κ3) is 3.68. The average molecular weight is 290 g/mol. The number of benzene rings is 2. The van der Waals surface area contributed by atoms with Crippen molar-refractivity contribution in [2.24, 2.45) is 0 Å². The van der Waals surface area contributed by atoms with Crippen LogP contribution < -0.4 is 5.32 Å². The van der Waals surface area contributed by atoms with Crippen LogP contribution in [0, 0.1) is 5.82 Å². The molecule has 1 N–H and O–H groups in total. The molecule has 0 atom stereocenters. The maximum atomic E-state index is 13.0. The fraction of sp³-hybridized carbons (Fsp3) is 0.0625. The number of amides is 1. The summed E-state index contributed by atoms with van der Waals surface area (Å²) in [5.41, 5.74) is 1.95. The van der Waals surface area contributed by atoms with Gasteiger partial charge in [0.15, 0.2) is 0 Å². The highest BCUT2D eigenvalue weighted by Crippen LogP contribution is 2.20. The van der Waals surface area contributed by atoms with Crippen LogP contribution in [0.2, 0.25) is 5.02 Å². The topological polar surface area (TPSA) is 29.1 Å². The third-order valence-electron chi connectivity index (χ3n) is 2.72. The Bertz CT molecular complexity index is 653. The van der Waals surface area contributed by atoms with Gasteiger partial charge in [0.05, 0.1) is 5.02 Å². The summed E-state index contributed by atoms with van der Waals surface area (Å²) in [6.07, 6.45) is 1.78. The van der Waals surface area contributed by atoms with Crippen molar-refractivity contribution >= 4 is 29.3 Å². The first kappa shape index (κ1) is 14.3. The second-order valence-corrected chi connectivity index (χ2v) is 4.73. The summed E-state index contributed by atoms with van der Waals surface area (Å²) in [6, 6.07) is 13.6. The molecule has 0 radical (unpaired) electrons. The van der Waals surface area contributed by atoms with E-state index in [1.54, 1.807) is 13.0 Å². The van der Waals surface area contributed by atoms with Gasteiger partial charge in [0, 0.05) is 11.3 Å². The molecular weight excluding hydrogens is 277 g/mol. The minimum Gasteiger partial charge on any atom is -0.322 e. The first-order valence-corrected chi connectivity index (χ1v) is 6.44. The lowest BCUT2D eigenvalue weighted by molar-refractivity contribution is -0.112. The Labute approximate surface area is 121 Å². The monoisotopic (exact) mass is 289 g/mol. The zero-order valence-corrected chi connectivity index (χ0v) is 11.6. The molecule has 4 heteroatoms. The second kappa shape index (κ2) is 6.35. The Morgan fingerprint density at radius 2 is 1.90 bits per heavy atom. The Morgan fingerprint density at radius 3 is 2.55 bits per heavy atom. The van der Waals surface area contributed by atoms with Gasteiger partial charge in [-0.25, -0.2) is 4.39 Å². The van der Waals surface area contributed by atoms with Crippen LogP contribution in [0.15, 0.2) is 54.1 Å². The smallest absolute Gasteiger partial charge is 0.251 e. The molecular formula is C16H13ClFNO. The molecule has 0 aliphatic carbocycles. The van der Waals surface area contributed by atoms with Crippen LogP contribution in [0.3, 0.4) is 0 Å². The van der Waals surface area contributed by atoms with Crippen molar-refractivity contribution in [3.05, 3.63) is 70.5 Å². The van der Waals surface area contributed by atoms with E-state index in [4.69, 9.17) is 11.6 Å². The molecule has 0 bridgehead atoms. The number of anilines is 1. The van der Waals surface area contributed by atoms with Crippen molar-refractivity contribution in [2.75, 3.05) is 5.32 Å². The minimum absolute atomic E-state index is 0.0208. The number of halogens is 2. The van der Waals surface area contributed by atoms with Crippen molar-refractivity contribution < 1.29 is 9.18 Å². The lowest BCUT2D eigenvalue weighted by atomic mass is 10.1. The van der Waals surface area contributed by atoms with Crippen molar-refractivity contribution in [2.45, 2.75) is 6.92 Å². The molecule has 20 heavy (non-hydrogen) atoms. The highest BCUT2D eigenvalue weighted by molar-refractivity contribution is 6.31. The number of hydrogen-bond donors (Lipinski definition) is 1. The van der Waals surface area contributed by atoms with Crippen molar-refractivity contribution in [3.63, 3.8) is 0 Å². The van der Waals surface area contributed by atoms with Gasteiger partial charge in [-0.3, -0.25) is 4.79 Å². The van der Waals surface area contributed by atoms with Crippen molar-refractivity contribution in [1.82, 2.24) is 0 Å². The van der Waals surface area contributed by atoms with Crippen LogP contribution in [-0.4, -0.2) is 5.91 Å². The molecule has 0 aromatic heterocycles. The molecule has 0 aliphatic heterocycles. The van der Waals surface area contributed by atoms with E-state index < -0.39 is 5.82 Å². The van der Waals surface area contributed by atoms with Crippen LogP contribution >= 0.6 is 11.6 Å². The maximum absolute atomic E-state index is 13.0. The number of rotatable bonds is 3. The van der Waals surface area contributed by atoms with Gasteiger partial charge < -0.3 is 5.32 Å². The van der Waals surface area contributed by atoms with E-state index >= 15 is 0 Å². The number of nitrogens with one attached hydrogen (secondary N) is 1. The fourth-order valence-electron chi connectivity index (χ4n) is 1.67. The van der Waals surface area contributed by atoms with Gasteiger partial charge in [0.1, 0.15) is 5.82 Å². The molecule has 2 rings (SSSR count).